The highest BCUT2D eigenvalue weighted by atomic mass is 16.4. The van der Waals surface area contributed by atoms with E-state index in [4.69, 9.17) is 10.4 Å². The second-order valence-corrected chi connectivity index (χ2v) is 4.24. The molecule has 1 unspecified atom stereocenters. The van der Waals surface area contributed by atoms with Crippen LogP contribution in [0.1, 0.15) is 24.5 Å². The summed E-state index contributed by atoms with van der Waals surface area (Å²) in [5.74, 6) is -0.774. The first-order chi connectivity index (χ1) is 8.02. The standard InChI is InChI=1S/C13H16N2O2/c1-9-3-4-11(7-14)12(5-9)15-8-10(2)6-13(16)17/h3-5,10,15H,6,8H2,1-2H3,(H,16,17). The first-order valence-electron chi connectivity index (χ1n) is 5.49. The van der Waals surface area contributed by atoms with Crippen LogP contribution in [0.3, 0.4) is 0 Å². The van der Waals surface area contributed by atoms with E-state index in [2.05, 4.69) is 11.4 Å². The van der Waals surface area contributed by atoms with Crippen molar-refractivity contribution in [2.45, 2.75) is 20.3 Å². The molecule has 17 heavy (non-hydrogen) atoms. The van der Waals surface area contributed by atoms with Crippen molar-refractivity contribution in [3.05, 3.63) is 29.3 Å². The quantitative estimate of drug-likeness (QED) is 0.817. The van der Waals surface area contributed by atoms with E-state index >= 15 is 0 Å². The highest BCUT2D eigenvalue weighted by molar-refractivity contribution is 5.67. The maximum Gasteiger partial charge on any atom is 0.303 e. The van der Waals surface area contributed by atoms with Gasteiger partial charge in [0.2, 0.25) is 0 Å². The molecule has 90 valence electrons. The van der Waals surface area contributed by atoms with Gasteiger partial charge in [0.15, 0.2) is 0 Å². The zero-order valence-corrected chi connectivity index (χ0v) is 10.0. The molecule has 0 saturated heterocycles. The molecule has 0 fully saturated rings. The number of carboxylic acids is 1. The molecule has 1 rings (SSSR count). The fraction of sp³-hybridized carbons (Fsp3) is 0.385. The molecule has 0 amide bonds. The van der Waals surface area contributed by atoms with Crippen LogP contribution in [-0.4, -0.2) is 17.6 Å². The Morgan fingerprint density at radius 1 is 1.59 bits per heavy atom. The number of hydrogen-bond acceptors (Lipinski definition) is 3. The molecule has 0 saturated carbocycles. The van der Waals surface area contributed by atoms with Crippen LogP contribution in [0.2, 0.25) is 0 Å². The first-order valence-corrected chi connectivity index (χ1v) is 5.49. The molecule has 2 N–H and O–H groups in total. The molecule has 0 aliphatic heterocycles. The summed E-state index contributed by atoms with van der Waals surface area (Å²) >= 11 is 0. The van der Waals surface area contributed by atoms with Crippen LogP contribution in [0.4, 0.5) is 5.69 Å². The Hall–Kier alpha value is -2.02. The van der Waals surface area contributed by atoms with Gasteiger partial charge in [0.05, 0.1) is 11.3 Å². The first kappa shape index (κ1) is 13.0. The number of anilines is 1. The monoisotopic (exact) mass is 232 g/mol. The van der Waals surface area contributed by atoms with Gasteiger partial charge < -0.3 is 10.4 Å². The van der Waals surface area contributed by atoms with E-state index < -0.39 is 5.97 Å². The molecular formula is C13H16N2O2. The predicted octanol–water partition coefficient (Wildman–Crippen LogP) is 2.39. The van der Waals surface area contributed by atoms with Gasteiger partial charge in [-0.1, -0.05) is 13.0 Å². The number of hydrogen-bond donors (Lipinski definition) is 2. The number of nitrogens with zero attached hydrogens (tertiary/aromatic N) is 1. The summed E-state index contributed by atoms with van der Waals surface area (Å²) in [6, 6.07) is 7.65. The largest absolute Gasteiger partial charge is 0.481 e. The molecule has 4 heteroatoms. The van der Waals surface area contributed by atoms with Crippen molar-refractivity contribution >= 4 is 11.7 Å². The van der Waals surface area contributed by atoms with Gasteiger partial charge in [-0.05, 0) is 30.5 Å². The Balaban J connectivity index is 2.66. The second-order valence-electron chi connectivity index (χ2n) is 4.24. The maximum absolute atomic E-state index is 10.5. The van der Waals surface area contributed by atoms with Crippen LogP contribution >= 0.6 is 0 Å². The van der Waals surface area contributed by atoms with Crippen LogP contribution in [0, 0.1) is 24.2 Å². The fourth-order valence-electron chi connectivity index (χ4n) is 1.56. The molecule has 4 nitrogen and oxygen atoms in total. The molecule has 1 aromatic carbocycles. The predicted molar refractivity (Wildman–Crippen MR) is 65.8 cm³/mol. The van der Waals surface area contributed by atoms with E-state index in [1.165, 1.54) is 0 Å². The molecule has 0 heterocycles. The Labute approximate surface area is 101 Å². The molecule has 0 spiro atoms. The van der Waals surface area contributed by atoms with Crippen molar-refractivity contribution in [2.75, 3.05) is 11.9 Å². The van der Waals surface area contributed by atoms with Crippen molar-refractivity contribution < 1.29 is 9.90 Å². The van der Waals surface area contributed by atoms with Crippen LogP contribution in [0.15, 0.2) is 18.2 Å². The van der Waals surface area contributed by atoms with Gasteiger partial charge in [-0.25, -0.2) is 0 Å². The molecule has 1 aromatic rings. The number of carbonyl (C=O) groups is 1. The van der Waals surface area contributed by atoms with Crippen molar-refractivity contribution in [1.82, 2.24) is 0 Å². The topological polar surface area (TPSA) is 73.1 Å². The van der Waals surface area contributed by atoms with Crippen molar-refractivity contribution in [2.24, 2.45) is 5.92 Å². The highest BCUT2D eigenvalue weighted by Crippen LogP contribution is 2.17. The Bertz CT molecular complexity index is 449. The summed E-state index contributed by atoms with van der Waals surface area (Å²) in [4.78, 5) is 10.5. The molecule has 0 aliphatic carbocycles. The number of nitrogens with one attached hydrogen (secondary N) is 1. The van der Waals surface area contributed by atoms with E-state index in [1.54, 1.807) is 6.07 Å². The van der Waals surface area contributed by atoms with Gasteiger partial charge in [0.1, 0.15) is 6.07 Å². The number of nitriles is 1. The average molecular weight is 232 g/mol. The third-order valence-corrected chi connectivity index (χ3v) is 2.46. The highest BCUT2D eigenvalue weighted by Gasteiger charge is 2.08. The summed E-state index contributed by atoms with van der Waals surface area (Å²) in [7, 11) is 0. The zero-order valence-electron chi connectivity index (χ0n) is 10.0. The number of rotatable bonds is 5. The van der Waals surface area contributed by atoms with Gasteiger partial charge in [-0.15, -0.1) is 0 Å². The summed E-state index contributed by atoms with van der Waals surface area (Å²) in [5.41, 5.74) is 2.42. The average Bonchev–Trinajstić information content (AvgIpc) is 2.25. The third-order valence-electron chi connectivity index (χ3n) is 2.46. The second kappa shape index (κ2) is 5.90. The normalized spacial score (nSPS) is 11.6. The van der Waals surface area contributed by atoms with Gasteiger partial charge in [0.25, 0.3) is 0 Å². The van der Waals surface area contributed by atoms with Crippen LogP contribution in [0.25, 0.3) is 0 Å². The Kier molecular flexibility index (Phi) is 4.53. The third kappa shape index (κ3) is 4.15. The SMILES string of the molecule is Cc1ccc(C#N)c(NCC(C)CC(=O)O)c1. The maximum atomic E-state index is 10.5. The lowest BCUT2D eigenvalue weighted by Crippen LogP contribution is -2.15. The minimum Gasteiger partial charge on any atom is -0.481 e. The van der Waals surface area contributed by atoms with Gasteiger partial charge >= 0.3 is 5.97 Å². The summed E-state index contributed by atoms with van der Waals surface area (Å²) in [5, 5.41) is 20.7. The molecule has 0 bridgehead atoms. The lowest BCUT2D eigenvalue weighted by molar-refractivity contribution is -0.137. The summed E-state index contributed by atoms with van der Waals surface area (Å²) in [6.07, 6.45) is 0.126. The van der Waals surface area contributed by atoms with Gasteiger partial charge in [0, 0.05) is 13.0 Å². The van der Waals surface area contributed by atoms with E-state index in [1.807, 2.05) is 26.0 Å². The van der Waals surface area contributed by atoms with E-state index in [-0.39, 0.29) is 12.3 Å². The van der Waals surface area contributed by atoms with Crippen molar-refractivity contribution in [3.8, 4) is 6.07 Å². The van der Waals surface area contributed by atoms with Gasteiger partial charge in [-0.2, -0.15) is 5.26 Å². The molecular weight excluding hydrogens is 216 g/mol. The number of carboxylic acid groups (broad SMARTS) is 1. The fourth-order valence-corrected chi connectivity index (χ4v) is 1.56. The van der Waals surface area contributed by atoms with Crippen molar-refractivity contribution in [1.29, 1.82) is 5.26 Å². The minimum atomic E-state index is -0.802. The summed E-state index contributed by atoms with van der Waals surface area (Å²) < 4.78 is 0. The Morgan fingerprint density at radius 2 is 2.29 bits per heavy atom. The van der Waals surface area contributed by atoms with Gasteiger partial charge in [-0.3, -0.25) is 4.79 Å². The van der Waals surface area contributed by atoms with Crippen LogP contribution in [0.5, 0.6) is 0 Å². The molecule has 0 radical (unpaired) electrons. The molecule has 1 atom stereocenters. The van der Waals surface area contributed by atoms with E-state index in [0.29, 0.717) is 12.1 Å². The van der Waals surface area contributed by atoms with E-state index in [0.717, 1.165) is 11.3 Å². The number of aryl methyl sites for hydroxylation is 1. The molecule has 0 aliphatic rings. The van der Waals surface area contributed by atoms with Crippen LogP contribution in [-0.2, 0) is 4.79 Å². The molecule has 0 aromatic heterocycles. The minimum absolute atomic E-state index is 0.0274. The Morgan fingerprint density at radius 3 is 2.88 bits per heavy atom. The lowest BCUT2D eigenvalue weighted by Gasteiger charge is -2.13. The lowest BCUT2D eigenvalue weighted by atomic mass is 10.1. The van der Waals surface area contributed by atoms with Crippen LogP contribution < -0.4 is 5.32 Å². The van der Waals surface area contributed by atoms with E-state index in [9.17, 15) is 4.79 Å². The number of benzene rings is 1. The smallest absolute Gasteiger partial charge is 0.303 e. The zero-order chi connectivity index (χ0) is 12.8. The summed E-state index contributed by atoms with van der Waals surface area (Å²) in [6.45, 7) is 4.36. The van der Waals surface area contributed by atoms with Crippen molar-refractivity contribution in [3.63, 3.8) is 0 Å². The number of aliphatic carboxylic acids is 1.